The third kappa shape index (κ3) is 2.55. The molecule has 5 heteroatoms. The summed E-state index contributed by atoms with van der Waals surface area (Å²) in [7, 11) is 1.97. The molecule has 0 saturated carbocycles. The first-order chi connectivity index (χ1) is 9.78. The van der Waals surface area contributed by atoms with Crippen molar-refractivity contribution >= 4 is 17.4 Å². The van der Waals surface area contributed by atoms with Crippen LogP contribution in [0.2, 0.25) is 0 Å². The summed E-state index contributed by atoms with van der Waals surface area (Å²) < 4.78 is 1.99. The molecule has 1 N–H and O–H groups in total. The van der Waals surface area contributed by atoms with Gasteiger partial charge in [-0.05, 0) is 55.6 Å². The third-order valence-electron chi connectivity index (χ3n) is 3.30. The van der Waals surface area contributed by atoms with E-state index < -0.39 is 0 Å². The summed E-state index contributed by atoms with van der Waals surface area (Å²) in [6.45, 7) is 2.15. The first kappa shape index (κ1) is 13.1. The van der Waals surface area contributed by atoms with Crippen LogP contribution in [0.3, 0.4) is 0 Å². The molecular formula is C15H16N4S. The van der Waals surface area contributed by atoms with Crippen LogP contribution in [0, 0.1) is 0 Å². The highest BCUT2D eigenvalue weighted by Gasteiger charge is 2.07. The molecule has 3 rings (SSSR count). The molecule has 0 amide bonds. The molecule has 20 heavy (non-hydrogen) atoms. The lowest BCUT2D eigenvalue weighted by atomic mass is 10.1. The summed E-state index contributed by atoms with van der Waals surface area (Å²) in [5, 5.41) is 12.5. The van der Waals surface area contributed by atoms with Gasteiger partial charge in [0.2, 0.25) is 0 Å². The van der Waals surface area contributed by atoms with Gasteiger partial charge in [0.25, 0.3) is 0 Å². The number of benzene rings is 1. The molecule has 0 bridgehead atoms. The lowest BCUT2D eigenvalue weighted by Gasteiger charge is -2.10. The normalized spacial score (nSPS) is 12.7. The first-order valence-electron chi connectivity index (χ1n) is 6.53. The highest BCUT2D eigenvalue weighted by molar-refractivity contribution is 7.99. The van der Waals surface area contributed by atoms with Crippen LogP contribution in [0.4, 0.5) is 0 Å². The van der Waals surface area contributed by atoms with Gasteiger partial charge < -0.3 is 5.32 Å². The SMILES string of the molecule is CNC(C)c1ccc(Sc2nnc3ccccn23)cc1. The maximum absolute atomic E-state index is 4.23. The molecule has 2 heterocycles. The van der Waals surface area contributed by atoms with E-state index in [4.69, 9.17) is 0 Å². The zero-order valence-electron chi connectivity index (χ0n) is 11.4. The topological polar surface area (TPSA) is 42.2 Å². The molecule has 0 radical (unpaired) electrons. The minimum atomic E-state index is 0.364. The molecule has 1 unspecified atom stereocenters. The molecule has 0 saturated heterocycles. The summed E-state index contributed by atoms with van der Waals surface area (Å²) in [6, 6.07) is 14.8. The van der Waals surface area contributed by atoms with Crippen molar-refractivity contribution in [1.29, 1.82) is 0 Å². The Morgan fingerprint density at radius 1 is 1.10 bits per heavy atom. The fraction of sp³-hybridized carbons (Fsp3) is 0.200. The van der Waals surface area contributed by atoms with E-state index in [9.17, 15) is 0 Å². The predicted molar refractivity (Wildman–Crippen MR) is 81.0 cm³/mol. The summed E-state index contributed by atoms with van der Waals surface area (Å²) in [5.74, 6) is 0. The summed E-state index contributed by atoms with van der Waals surface area (Å²) >= 11 is 1.62. The Morgan fingerprint density at radius 2 is 1.90 bits per heavy atom. The highest BCUT2D eigenvalue weighted by atomic mass is 32.2. The second-order valence-corrected chi connectivity index (χ2v) is 5.63. The van der Waals surface area contributed by atoms with Gasteiger partial charge in [0.1, 0.15) is 0 Å². The van der Waals surface area contributed by atoms with E-state index in [2.05, 4.69) is 46.7 Å². The van der Waals surface area contributed by atoms with E-state index in [1.807, 2.05) is 35.8 Å². The summed E-state index contributed by atoms with van der Waals surface area (Å²) in [5.41, 5.74) is 2.15. The van der Waals surface area contributed by atoms with Crippen LogP contribution in [-0.2, 0) is 0 Å². The molecule has 4 nitrogen and oxygen atoms in total. The second-order valence-electron chi connectivity index (χ2n) is 4.59. The van der Waals surface area contributed by atoms with Crippen molar-refractivity contribution in [3.63, 3.8) is 0 Å². The Balaban J connectivity index is 1.84. The van der Waals surface area contributed by atoms with Crippen LogP contribution in [0.25, 0.3) is 5.65 Å². The third-order valence-corrected chi connectivity index (χ3v) is 4.27. The zero-order chi connectivity index (χ0) is 13.9. The number of hydrogen-bond donors (Lipinski definition) is 1. The molecule has 0 aliphatic carbocycles. The monoisotopic (exact) mass is 284 g/mol. The van der Waals surface area contributed by atoms with E-state index >= 15 is 0 Å². The van der Waals surface area contributed by atoms with Gasteiger partial charge in [0.15, 0.2) is 10.8 Å². The maximum atomic E-state index is 4.23. The molecule has 102 valence electrons. The van der Waals surface area contributed by atoms with Crippen molar-refractivity contribution in [2.24, 2.45) is 0 Å². The first-order valence-corrected chi connectivity index (χ1v) is 7.34. The van der Waals surface area contributed by atoms with Crippen LogP contribution < -0.4 is 5.32 Å². The standard InChI is InChI=1S/C15H16N4S/c1-11(16-2)12-6-8-13(9-7-12)20-15-18-17-14-5-3-4-10-19(14)15/h3-11,16H,1-2H3. The van der Waals surface area contributed by atoms with Crippen LogP contribution in [0.1, 0.15) is 18.5 Å². The smallest absolute Gasteiger partial charge is 0.200 e. The van der Waals surface area contributed by atoms with Crippen molar-refractivity contribution in [3.05, 3.63) is 54.2 Å². The number of fused-ring (bicyclic) bond motifs is 1. The fourth-order valence-corrected chi connectivity index (χ4v) is 2.80. The van der Waals surface area contributed by atoms with Gasteiger partial charge in [-0.25, -0.2) is 0 Å². The zero-order valence-corrected chi connectivity index (χ0v) is 12.3. The number of nitrogens with zero attached hydrogens (tertiary/aromatic N) is 3. The Labute approximate surface area is 122 Å². The van der Waals surface area contributed by atoms with Gasteiger partial charge >= 0.3 is 0 Å². The molecule has 0 aliphatic rings. The molecule has 3 aromatic rings. The molecule has 1 atom stereocenters. The Bertz CT molecular complexity index is 705. The van der Waals surface area contributed by atoms with Gasteiger partial charge in [0, 0.05) is 17.1 Å². The van der Waals surface area contributed by atoms with Crippen LogP contribution in [0.15, 0.2) is 58.7 Å². The average molecular weight is 284 g/mol. The molecule has 1 aromatic carbocycles. The van der Waals surface area contributed by atoms with Crippen molar-refractivity contribution in [1.82, 2.24) is 19.9 Å². The van der Waals surface area contributed by atoms with E-state index in [1.165, 1.54) is 5.56 Å². The van der Waals surface area contributed by atoms with E-state index in [0.717, 1.165) is 15.7 Å². The van der Waals surface area contributed by atoms with Gasteiger partial charge in [-0.1, -0.05) is 18.2 Å². The number of rotatable bonds is 4. The van der Waals surface area contributed by atoms with Crippen molar-refractivity contribution in [2.45, 2.75) is 23.0 Å². The number of pyridine rings is 1. The Kier molecular flexibility index (Phi) is 3.71. The second kappa shape index (κ2) is 5.64. The number of aromatic nitrogens is 3. The minimum absolute atomic E-state index is 0.364. The van der Waals surface area contributed by atoms with Crippen molar-refractivity contribution in [3.8, 4) is 0 Å². The quantitative estimate of drug-likeness (QED) is 0.799. The predicted octanol–water partition coefficient (Wildman–Crippen LogP) is 3.16. The molecule has 2 aromatic heterocycles. The molecule has 0 fully saturated rings. The van der Waals surface area contributed by atoms with Gasteiger partial charge in [-0.3, -0.25) is 4.40 Å². The van der Waals surface area contributed by atoms with Gasteiger partial charge in [0.05, 0.1) is 0 Å². The number of hydrogen-bond acceptors (Lipinski definition) is 4. The van der Waals surface area contributed by atoms with Crippen LogP contribution >= 0.6 is 11.8 Å². The Hall–Kier alpha value is -1.85. The summed E-state index contributed by atoms with van der Waals surface area (Å²) in [6.07, 6.45) is 1.98. The fourth-order valence-electron chi connectivity index (χ4n) is 1.99. The van der Waals surface area contributed by atoms with Crippen LogP contribution in [0.5, 0.6) is 0 Å². The lowest BCUT2D eigenvalue weighted by molar-refractivity contribution is 0.652. The Morgan fingerprint density at radius 3 is 2.65 bits per heavy atom. The summed E-state index contributed by atoms with van der Waals surface area (Å²) in [4.78, 5) is 1.16. The average Bonchev–Trinajstić information content (AvgIpc) is 2.91. The van der Waals surface area contributed by atoms with Gasteiger partial charge in [-0.2, -0.15) is 0 Å². The van der Waals surface area contributed by atoms with Crippen LogP contribution in [-0.4, -0.2) is 21.6 Å². The minimum Gasteiger partial charge on any atom is -0.313 e. The van der Waals surface area contributed by atoms with E-state index in [-0.39, 0.29) is 0 Å². The number of nitrogens with one attached hydrogen (secondary N) is 1. The van der Waals surface area contributed by atoms with E-state index in [1.54, 1.807) is 11.8 Å². The maximum Gasteiger partial charge on any atom is 0.200 e. The van der Waals surface area contributed by atoms with Crippen molar-refractivity contribution < 1.29 is 0 Å². The lowest BCUT2D eigenvalue weighted by Crippen LogP contribution is -2.11. The van der Waals surface area contributed by atoms with E-state index in [0.29, 0.717) is 6.04 Å². The molecule has 0 spiro atoms. The highest BCUT2D eigenvalue weighted by Crippen LogP contribution is 2.27. The van der Waals surface area contributed by atoms with Gasteiger partial charge in [-0.15, -0.1) is 10.2 Å². The molecule has 0 aliphatic heterocycles. The largest absolute Gasteiger partial charge is 0.313 e. The molecular weight excluding hydrogens is 268 g/mol. The van der Waals surface area contributed by atoms with Crippen molar-refractivity contribution in [2.75, 3.05) is 7.05 Å².